The molecule has 0 spiro atoms. The van der Waals surface area contributed by atoms with Gasteiger partial charge in [-0.05, 0) is 69.6 Å². The summed E-state index contributed by atoms with van der Waals surface area (Å²) in [6, 6.07) is 1.99. The SMILES string of the molecule is CC1(C)CCc2cc3c4c(c(=O)oc3c(OC3OC(CO)C(O)C(O)C3O)c2O1)CCCC4. The van der Waals surface area contributed by atoms with E-state index in [1.54, 1.807) is 0 Å². The van der Waals surface area contributed by atoms with Gasteiger partial charge < -0.3 is 39.1 Å². The van der Waals surface area contributed by atoms with E-state index >= 15 is 0 Å². The Morgan fingerprint density at radius 3 is 2.52 bits per heavy atom. The van der Waals surface area contributed by atoms with Crippen LogP contribution in [-0.4, -0.2) is 63.3 Å². The maximum absolute atomic E-state index is 12.8. The molecule has 0 saturated carbocycles. The number of aliphatic hydroxyl groups excluding tert-OH is 4. The highest BCUT2D eigenvalue weighted by Gasteiger charge is 2.46. The minimum absolute atomic E-state index is 0.116. The van der Waals surface area contributed by atoms with E-state index in [4.69, 9.17) is 18.6 Å². The molecule has 3 aliphatic rings. The van der Waals surface area contributed by atoms with Crippen molar-refractivity contribution in [3.63, 3.8) is 0 Å². The Bertz CT molecular complexity index is 1120. The first-order valence-corrected chi connectivity index (χ1v) is 11.5. The number of aliphatic hydroxyl groups is 4. The van der Waals surface area contributed by atoms with Gasteiger partial charge in [0.15, 0.2) is 11.3 Å². The van der Waals surface area contributed by atoms with Crippen LogP contribution in [0.3, 0.4) is 0 Å². The molecule has 1 fully saturated rings. The van der Waals surface area contributed by atoms with Gasteiger partial charge in [0.25, 0.3) is 0 Å². The summed E-state index contributed by atoms with van der Waals surface area (Å²) in [6.45, 7) is 3.31. The number of aryl methyl sites for hydroxylation is 2. The van der Waals surface area contributed by atoms with Gasteiger partial charge in [0.2, 0.25) is 12.0 Å². The zero-order chi connectivity index (χ0) is 23.5. The first-order valence-electron chi connectivity index (χ1n) is 11.5. The van der Waals surface area contributed by atoms with Gasteiger partial charge in [0, 0.05) is 10.9 Å². The molecule has 3 heterocycles. The summed E-state index contributed by atoms with van der Waals surface area (Å²) < 4.78 is 23.6. The molecule has 5 atom stereocenters. The summed E-state index contributed by atoms with van der Waals surface area (Å²) in [7, 11) is 0. The van der Waals surface area contributed by atoms with Crippen molar-refractivity contribution in [3.8, 4) is 11.5 Å². The van der Waals surface area contributed by atoms with Crippen molar-refractivity contribution in [2.24, 2.45) is 0 Å². The molecule has 1 aliphatic carbocycles. The second kappa shape index (κ2) is 8.25. The summed E-state index contributed by atoms with van der Waals surface area (Å²) in [6.07, 6.45) is -2.44. The average Bonchev–Trinajstić information content (AvgIpc) is 2.79. The van der Waals surface area contributed by atoms with Crippen LogP contribution in [0.1, 0.15) is 49.8 Å². The molecular weight excluding hydrogens is 432 g/mol. The summed E-state index contributed by atoms with van der Waals surface area (Å²) in [5.41, 5.74) is 1.80. The smallest absolute Gasteiger partial charge is 0.339 e. The minimum atomic E-state index is -1.60. The lowest BCUT2D eigenvalue weighted by Crippen LogP contribution is -2.60. The summed E-state index contributed by atoms with van der Waals surface area (Å²) >= 11 is 0. The van der Waals surface area contributed by atoms with Crippen LogP contribution in [-0.2, 0) is 24.0 Å². The summed E-state index contributed by atoms with van der Waals surface area (Å²) in [4.78, 5) is 12.8. The fourth-order valence-corrected chi connectivity index (χ4v) is 5.03. The van der Waals surface area contributed by atoms with Crippen LogP contribution in [0.15, 0.2) is 15.3 Å². The predicted octanol–water partition coefficient (Wildman–Crippen LogP) is 0.954. The zero-order valence-electron chi connectivity index (χ0n) is 18.7. The van der Waals surface area contributed by atoms with Crippen LogP contribution in [0, 0.1) is 0 Å². The van der Waals surface area contributed by atoms with E-state index in [9.17, 15) is 25.2 Å². The summed E-state index contributed by atoms with van der Waals surface area (Å²) in [5.74, 6) is 0.514. The molecule has 0 amide bonds. The maximum Gasteiger partial charge on any atom is 0.339 e. The Labute approximate surface area is 190 Å². The van der Waals surface area contributed by atoms with Crippen molar-refractivity contribution >= 4 is 11.0 Å². The lowest BCUT2D eigenvalue weighted by molar-refractivity contribution is -0.277. The molecule has 9 nitrogen and oxygen atoms in total. The fraction of sp³-hybridized carbons (Fsp3) is 0.625. The van der Waals surface area contributed by atoms with Gasteiger partial charge in [0.05, 0.1) is 6.61 Å². The molecule has 5 rings (SSSR count). The van der Waals surface area contributed by atoms with Gasteiger partial charge in [0.1, 0.15) is 30.0 Å². The first kappa shape index (κ1) is 22.6. The van der Waals surface area contributed by atoms with Crippen molar-refractivity contribution < 1.29 is 39.1 Å². The molecule has 1 saturated heterocycles. The Morgan fingerprint density at radius 2 is 1.79 bits per heavy atom. The molecular formula is C24H30O9. The van der Waals surface area contributed by atoms with Crippen LogP contribution >= 0.6 is 0 Å². The highest BCUT2D eigenvalue weighted by Crippen LogP contribution is 2.47. The van der Waals surface area contributed by atoms with Crippen molar-refractivity contribution in [1.29, 1.82) is 0 Å². The molecule has 33 heavy (non-hydrogen) atoms. The number of benzene rings is 1. The van der Waals surface area contributed by atoms with E-state index in [1.165, 1.54) is 0 Å². The second-order valence-electron chi connectivity index (χ2n) is 9.80. The van der Waals surface area contributed by atoms with E-state index in [0.717, 1.165) is 48.6 Å². The monoisotopic (exact) mass is 462 g/mol. The third-order valence-corrected chi connectivity index (χ3v) is 6.96. The Morgan fingerprint density at radius 1 is 1.06 bits per heavy atom. The van der Waals surface area contributed by atoms with Crippen molar-refractivity contribution in [2.45, 2.75) is 88.7 Å². The van der Waals surface area contributed by atoms with Crippen LogP contribution in [0.5, 0.6) is 11.5 Å². The quantitative estimate of drug-likeness (QED) is 0.491. The lowest BCUT2D eigenvalue weighted by atomic mass is 9.88. The van der Waals surface area contributed by atoms with E-state index in [1.807, 2.05) is 19.9 Å². The third kappa shape index (κ3) is 3.81. The van der Waals surface area contributed by atoms with Crippen LogP contribution in [0.25, 0.3) is 11.0 Å². The summed E-state index contributed by atoms with van der Waals surface area (Å²) in [5, 5.41) is 41.2. The van der Waals surface area contributed by atoms with Crippen LogP contribution in [0.4, 0.5) is 0 Å². The Kier molecular flexibility index (Phi) is 5.65. The van der Waals surface area contributed by atoms with E-state index in [-0.39, 0.29) is 11.3 Å². The normalized spacial score (nSPS) is 30.9. The number of fused-ring (bicyclic) bond motifs is 4. The molecule has 0 bridgehead atoms. The molecule has 2 aliphatic heterocycles. The largest absolute Gasteiger partial charge is 0.484 e. The zero-order valence-corrected chi connectivity index (χ0v) is 18.7. The number of ether oxygens (including phenoxy) is 3. The maximum atomic E-state index is 12.8. The molecule has 0 radical (unpaired) electrons. The van der Waals surface area contributed by atoms with Gasteiger partial charge in [-0.1, -0.05) is 0 Å². The van der Waals surface area contributed by atoms with Crippen molar-refractivity contribution in [3.05, 3.63) is 33.2 Å². The van der Waals surface area contributed by atoms with Gasteiger partial charge in [-0.2, -0.15) is 0 Å². The predicted molar refractivity (Wildman–Crippen MR) is 117 cm³/mol. The van der Waals surface area contributed by atoms with Crippen molar-refractivity contribution in [2.75, 3.05) is 6.61 Å². The van der Waals surface area contributed by atoms with E-state index < -0.39 is 48.5 Å². The molecule has 9 heteroatoms. The number of rotatable bonds is 3. The molecule has 4 N–H and O–H groups in total. The van der Waals surface area contributed by atoms with Crippen LogP contribution < -0.4 is 15.1 Å². The van der Waals surface area contributed by atoms with E-state index in [2.05, 4.69) is 0 Å². The standard InChI is InChI=1S/C24H30O9/c1-24(2)8-7-11-9-14-12-5-3-4-6-13(12)22(29)31-20(14)21(19(11)33-24)32-23-18(28)17(27)16(26)15(10-25)30-23/h9,15-18,23,25-28H,3-8,10H2,1-2H3. The van der Waals surface area contributed by atoms with Crippen LogP contribution in [0.2, 0.25) is 0 Å². The van der Waals surface area contributed by atoms with Gasteiger partial charge in [-0.15, -0.1) is 0 Å². The topological polar surface area (TPSA) is 139 Å². The molecule has 180 valence electrons. The molecule has 5 unspecified atom stereocenters. The van der Waals surface area contributed by atoms with E-state index in [0.29, 0.717) is 17.7 Å². The number of hydrogen-bond donors (Lipinski definition) is 4. The molecule has 1 aromatic carbocycles. The Hall–Kier alpha value is -2.17. The Balaban J connectivity index is 1.68. The number of hydrogen-bond acceptors (Lipinski definition) is 9. The second-order valence-corrected chi connectivity index (χ2v) is 9.80. The third-order valence-electron chi connectivity index (χ3n) is 6.96. The highest BCUT2D eigenvalue weighted by atomic mass is 16.7. The van der Waals surface area contributed by atoms with Gasteiger partial charge in [-0.3, -0.25) is 0 Å². The first-order chi connectivity index (χ1) is 15.7. The highest BCUT2D eigenvalue weighted by molar-refractivity contribution is 5.90. The van der Waals surface area contributed by atoms with Gasteiger partial charge in [-0.25, -0.2) is 4.79 Å². The minimum Gasteiger partial charge on any atom is -0.484 e. The molecule has 2 aromatic rings. The van der Waals surface area contributed by atoms with Gasteiger partial charge >= 0.3 is 5.63 Å². The van der Waals surface area contributed by atoms with Crippen molar-refractivity contribution in [1.82, 2.24) is 0 Å². The fourth-order valence-electron chi connectivity index (χ4n) is 5.03. The average molecular weight is 462 g/mol. The lowest BCUT2D eigenvalue weighted by Gasteiger charge is -2.40. The molecule has 1 aromatic heterocycles.